The van der Waals surface area contributed by atoms with Crippen molar-refractivity contribution in [1.29, 1.82) is 0 Å². The molecule has 0 heterocycles. The van der Waals surface area contributed by atoms with Gasteiger partial charge in [0.25, 0.3) is 0 Å². The molecule has 2 heteroatoms. The zero-order chi connectivity index (χ0) is 10.8. The Labute approximate surface area is 99.8 Å². The Morgan fingerprint density at radius 1 is 1.36 bits per heavy atom. The zero-order valence-electron chi connectivity index (χ0n) is 8.90. The Hall–Kier alpha value is -0.0100. The van der Waals surface area contributed by atoms with E-state index in [9.17, 15) is 0 Å². The number of hydrogen-bond donors (Lipinski definition) is 0. The van der Waals surface area contributed by atoms with Gasteiger partial charge in [-0.05, 0) is 36.0 Å². The first kappa shape index (κ1) is 12.1. The fourth-order valence-corrected chi connectivity index (χ4v) is 1.73. The molecule has 0 nitrogen and oxygen atoms in total. The van der Waals surface area contributed by atoms with Gasteiger partial charge in [0.05, 0.1) is 0 Å². The summed E-state index contributed by atoms with van der Waals surface area (Å²) in [6.07, 6.45) is 1.08. The second-order valence-electron chi connectivity index (χ2n) is 4.56. The molecule has 0 aliphatic carbocycles. The first-order valence-corrected chi connectivity index (χ1v) is 6.25. The van der Waals surface area contributed by atoms with Crippen LogP contribution in [0, 0.1) is 12.3 Å². The van der Waals surface area contributed by atoms with Crippen LogP contribution in [0.1, 0.15) is 25.0 Å². The summed E-state index contributed by atoms with van der Waals surface area (Å²) < 4.78 is 0. The van der Waals surface area contributed by atoms with Crippen LogP contribution in [0.25, 0.3) is 0 Å². The third kappa shape index (κ3) is 3.29. The van der Waals surface area contributed by atoms with E-state index >= 15 is 0 Å². The van der Waals surface area contributed by atoms with Gasteiger partial charge in [0.2, 0.25) is 0 Å². The second-order valence-corrected chi connectivity index (χ2v) is 5.53. The number of alkyl halides is 1. The molecule has 1 aromatic carbocycles. The summed E-state index contributed by atoms with van der Waals surface area (Å²) in [6.45, 7) is 6.56. The lowest BCUT2D eigenvalue weighted by Crippen LogP contribution is -2.16. The molecule has 0 fully saturated rings. The van der Waals surface area contributed by atoms with E-state index in [1.807, 2.05) is 13.0 Å². The van der Waals surface area contributed by atoms with Gasteiger partial charge < -0.3 is 0 Å². The van der Waals surface area contributed by atoms with Gasteiger partial charge in [-0.3, -0.25) is 0 Å². The summed E-state index contributed by atoms with van der Waals surface area (Å²) >= 11 is 9.51. The Balaban J connectivity index is 2.83. The summed E-state index contributed by atoms with van der Waals surface area (Å²) in [5.41, 5.74) is 2.83. The monoisotopic (exact) mass is 274 g/mol. The Bertz CT molecular complexity index is 318. The van der Waals surface area contributed by atoms with Gasteiger partial charge in [-0.1, -0.05) is 53.5 Å². The maximum absolute atomic E-state index is 5.98. The number of halogens is 2. The number of aryl methyl sites for hydroxylation is 1. The van der Waals surface area contributed by atoms with Crippen LogP contribution in [0.3, 0.4) is 0 Å². The molecule has 0 saturated carbocycles. The van der Waals surface area contributed by atoms with Crippen molar-refractivity contribution in [3.8, 4) is 0 Å². The molecule has 1 aromatic rings. The molecule has 0 N–H and O–H groups in total. The lowest BCUT2D eigenvalue weighted by atomic mass is 9.88. The maximum Gasteiger partial charge on any atom is 0.0435 e. The van der Waals surface area contributed by atoms with Gasteiger partial charge in [0.15, 0.2) is 0 Å². The largest absolute Gasteiger partial charge is 0.0922 e. The van der Waals surface area contributed by atoms with E-state index < -0.39 is 0 Å². The molecule has 1 rings (SSSR count). The van der Waals surface area contributed by atoms with Gasteiger partial charge in [-0.2, -0.15) is 0 Å². The summed E-state index contributed by atoms with van der Waals surface area (Å²) in [5, 5.41) is 1.87. The molecular formula is C12H16BrCl. The van der Waals surface area contributed by atoms with Crippen molar-refractivity contribution < 1.29 is 0 Å². The van der Waals surface area contributed by atoms with Crippen LogP contribution in [-0.4, -0.2) is 5.33 Å². The molecule has 78 valence electrons. The van der Waals surface area contributed by atoms with E-state index in [0.717, 1.165) is 22.3 Å². The molecule has 0 unspecified atom stereocenters. The average Bonchev–Trinajstić information content (AvgIpc) is 2.11. The lowest BCUT2D eigenvalue weighted by molar-refractivity contribution is 0.425. The van der Waals surface area contributed by atoms with E-state index in [-0.39, 0.29) is 0 Å². The molecule has 0 radical (unpaired) electrons. The second kappa shape index (κ2) is 4.67. The van der Waals surface area contributed by atoms with E-state index in [4.69, 9.17) is 11.6 Å². The molecule has 0 saturated heterocycles. The van der Waals surface area contributed by atoms with Crippen molar-refractivity contribution in [2.45, 2.75) is 27.2 Å². The highest BCUT2D eigenvalue weighted by Crippen LogP contribution is 2.26. The average molecular weight is 276 g/mol. The first-order valence-electron chi connectivity index (χ1n) is 4.75. The van der Waals surface area contributed by atoms with Crippen LogP contribution in [-0.2, 0) is 6.42 Å². The molecule has 0 amide bonds. The Kier molecular flexibility index (Phi) is 4.03. The molecule has 0 aromatic heterocycles. The minimum atomic E-state index is 0.306. The molecule has 0 bridgehead atoms. The quantitative estimate of drug-likeness (QED) is 0.707. The fourth-order valence-electron chi connectivity index (χ4n) is 1.42. The molecule has 0 aliphatic rings. The van der Waals surface area contributed by atoms with Crippen LogP contribution >= 0.6 is 27.5 Å². The topological polar surface area (TPSA) is 0 Å². The highest BCUT2D eigenvalue weighted by Gasteiger charge is 2.16. The van der Waals surface area contributed by atoms with Crippen molar-refractivity contribution in [3.05, 3.63) is 34.3 Å². The molecule has 14 heavy (non-hydrogen) atoms. The van der Waals surface area contributed by atoms with E-state index in [0.29, 0.717) is 5.41 Å². The minimum absolute atomic E-state index is 0.306. The van der Waals surface area contributed by atoms with Crippen molar-refractivity contribution in [2.75, 3.05) is 5.33 Å². The number of rotatable bonds is 3. The molecule has 0 aliphatic heterocycles. The zero-order valence-corrected chi connectivity index (χ0v) is 11.2. The number of hydrogen-bond acceptors (Lipinski definition) is 0. The molecule has 0 spiro atoms. The minimum Gasteiger partial charge on any atom is -0.0922 e. The van der Waals surface area contributed by atoms with Gasteiger partial charge in [0, 0.05) is 10.4 Å². The normalized spacial score (nSPS) is 11.8. The van der Waals surface area contributed by atoms with Gasteiger partial charge in [-0.25, -0.2) is 0 Å². The standard InChI is InChI=1S/C12H16BrCl/c1-9-6-10(4-5-11(9)14)7-12(2,3)8-13/h4-6H,7-8H2,1-3H3. The summed E-state index contributed by atoms with van der Waals surface area (Å²) in [4.78, 5) is 0. The smallest absolute Gasteiger partial charge is 0.0435 e. The van der Waals surface area contributed by atoms with Gasteiger partial charge >= 0.3 is 0 Å². The van der Waals surface area contributed by atoms with E-state index in [1.165, 1.54) is 5.56 Å². The van der Waals surface area contributed by atoms with Crippen molar-refractivity contribution >= 4 is 27.5 Å². The van der Waals surface area contributed by atoms with E-state index in [2.05, 4.69) is 41.9 Å². The van der Waals surface area contributed by atoms with Crippen molar-refractivity contribution in [3.63, 3.8) is 0 Å². The highest BCUT2D eigenvalue weighted by atomic mass is 79.9. The van der Waals surface area contributed by atoms with Crippen LogP contribution in [0.4, 0.5) is 0 Å². The van der Waals surface area contributed by atoms with Crippen LogP contribution in [0.5, 0.6) is 0 Å². The summed E-state index contributed by atoms with van der Waals surface area (Å²) in [5.74, 6) is 0. The fraction of sp³-hybridized carbons (Fsp3) is 0.500. The Morgan fingerprint density at radius 2 is 2.00 bits per heavy atom. The maximum atomic E-state index is 5.98. The van der Waals surface area contributed by atoms with Crippen molar-refractivity contribution in [2.24, 2.45) is 5.41 Å². The molecular weight excluding hydrogens is 259 g/mol. The predicted octanol–water partition coefficient (Wildman–Crippen LogP) is 4.61. The lowest BCUT2D eigenvalue weighted by Gasteiger charge is -2.21. The first-order chi connectivity index (χ1) is 6.44. The van der Waals surface area contributed by atoms with Crippen LogP contribution < -0.4 is 0 Å². The highest BCUT2D eigenvalue weighted by molar-refractivity contribution is 9.09. The third-order valence-corrected chi connectivity index (χ3v) is 4.21. The summed E-state index contributed by atoms with van der Waals surface area (Å²) in [7, 11) is 0. The predicted molar refractivity (Wildman–Crippen MR) is 67.5 cm³/mol. The Morgan fingerprint density at radius 3 is 2.50 bits per heavy atom. The van der Waals surface area contributed by atoms with Gasteiger partial charge in [-0.15, -0.1) is 0 Å². The molecule has 0 atom stereocenters. The number of benzene rings is 1. The van der Waals surface area contributed by atoms with Crippen LogP contribution in [0.2, 0.25) is 5.02 Å². The van der Waals surface area contributed by atoms with Crippen LogP contribution in [0.15, 0.2) is 18.2 Å². The van der Waals surface area contributed by atoms with E-state index in [1.54, 1.807) is 0 Å². The SMILES string of the molecule is Cc1cc(CC(C)(C)CBr)ccc1Cl. The van der Waals surface area contributed by atoms with Crippen molar-refractivity contribution in [1.82, 2.24) is 0 Å². The third-order valence-electron chi connectivity index (χ3n) is 2.27. The summed E-state index contributed by atoms with van der Waals surface area (Å²) in [6, 6.07) is 6.27. The van der Waals surface area contributed by atoms with Gasteiger partial charge in [0.1, 0.15) is 0 Å².